The van der Waals surface area contributed by atoms with Gasteiger partial charge in [0.1, 0.15) is 0 Å². The van der Waals surface area contributed by atoms with Crippen LogP contribution < -0.4 is 0 Å². The molecule has 1 aliphatic heterocycles. The van der Waals surface area contributed by atoms with Crippen molar-refractivity contribution in [3.63, 3.8) is 0 Å². The van der Waals surface area contributed by atoms with Crippen LogP contribution in [0.5, 0.6) is 0 Å². The topological polar surface area (TPSA) is 29.5 Å². The fourth-order valence-corrected chi connectivity index (χ4v) is 3.88. The molecule has 2 rings (SSSR count). The van der Waals surface area contributed by atoms with Gasteiger partial charge in [0.15, 0.2) is 0 Å². The second kappa shape index (κ2) is 3.64. The van der Waals surface area contributed by atoms with E-state index in [2.05, 4.69) is 20.8 Å². The van der Waals surface area contributed by atoms with Gasteiger partial charge >= 0.3 is 6.09 Å². The van der Waals surface area contributed by atoms with Gasteiger partial charge in [-0.3, -0.25) is 0 Å². The van der Waals surface area contributed by atoms with Crippen molar-refractivity contribution in [3.8, 4) is 0 Å². The Balaban J connectivity index is 2.13. The summed E-state index contributed by atoms with van der Waals surface area (Å²) in [5.74, 6) is 0. The molecule has 2 fully saturated rings. The van der Waals surface area contributed by atoms with Crippen molar-refractivity contribution in [2.45, 2.75) is 53.0 Å². The highest BCUT2D eigenvalue weighted by Gasteiger charge is 2.51. The number of likely N-dealkylation sites (tertiary alicyclic amines) is 1. The van der Waals surface area contributed by atoms with E-state index in [9.17, 15) is 4.79 Å². The fourth-order valence-electron chi connectivity index (χ4n) is 3.88. The third kappa shape index (κ3) is 2.04. The SMILES string of the molecule is CCOC(=O)N1CC2(C)CC1CC(C)(C)C2. The first-order valence-corrected chi connectivity index (χ1v) is 6.29. The molecule has 0 N–H and O–H groups in total. The number of fused-ring (bicyclic) bond motifs is 2. The maximum Gasteiger partial charge on any atom is 0.410 e. The van der Waals surface area contributed by atoms with Gasteiger partial charge in [-0.15, -0.1) is 0 Å². The second-order valence-corrected chi connectivity index (χ2v) is 6.54. The Morgan fingerprint density at radius 2 is 2.06 bits per heavy atom. The predicted molar refractivity (Wildman–Crippen MR) is 63.3 cm³/mol. The summed E-state index contributed by atoms with van der Waals surface area (Å²) in [5, 5.41) is 0. The molecule has 3 nitrogen and oxygen atoms in total. The summed E-state index contributed by atoms with van der Waals surface area (Å²) in [6.07, 6.45) is 3.36. The molecule has 2 bridgehead atoms. The lowest BCUT2D eigenvalue weighted by molar-refractivity contribution is 0.0940. The van der Waals surface area contributed by atoms with E-state index in [-0.39, 0.29) is 6.09 Å². The summed E-state index contributed by atoms with van der Waals surface area (Å²) >= 11 is 0. The van der Waals surface area contributed by atoms with Crippen molar-refractivity contribution in [2.24, 2.45) is 10.8 Å². The molecule has 16 heavy (non-hydrogen) atoms. The quantitative estimate of drug-likeness (QED) is 0.686. The largest absolute Gasteiger partial charge is 0.450 e. The number of hydrogen-bond donors (Lipinski definition) is 0. The van der Waals surface area contributed by atoms with Crippen molar-refractivity contribution < 1.29 is 9.53 Å². The lowest BCUT2D eigenvalue weighted by Crippen LogP contribution is -2.38. The summed E-state index contributed by atoms with van der Waals surface area (Å²) in [7, 11) is 0. The van der Waals surface area contributed by atoms with Crippen LogP contribution in [-0.2, 0) is 4.74 Å². The Morgan fingerprint density at radius 3 is 2.69 bits per heavy atom. The van der Waals surface area contributed by atoms with Crippen molar-refractivity contribution in [1.82, 2.24) is 4.90 Å². The first-order chi connectivity index (χ1) is 7.35. The van der Waals surface area contributed by atoms with E-state index in [0.29, 0.717) is 23.5 Å². The standard InChI is InChI=1S/C13H23NO2/c1-5-16-11(15)14-9-13(4)7-10(14)6-12(2,3)8-13/h10H,5-9H2,1-4H3. The molecule has 0 aromatic heterocycles. The zero-order valence-electron chi connectivity index (χ0n) is 10.9. The molecular weight excluding hydrogens is 202 g/mol. The Morgan fingerprint density at radius 1 is 1.38 bits per heavy atom. The van der Waals surface area contributed by atoms with E-state index < -0.39 is 0 Å². The molecule has 1 amide bonds. The molecule has 92 valence electrons. The Kier molecular flexibility index (Phi) is 2.67. The molecule has 2 unspecified atom stereocenters. The maximum atomic E-state index is 11.8. The molecular formula is C13H23NO2. The van der Waals surface area contributed by atoms with Gasteiger partial charge in [-0.05, 0) is 37.0 Å². The third-order valence-corrected chi connectivity index (χ3v) is 3.92. The molecule has 0 radical (unpaired) electrons. The third-order valence-electron chi connectivity index (χ3n) is 3.92. The van der Waals surface area contributed by atoms with Gasteiger partial charge < -0.3 is 9.64 Å². The zero-order chi connectivity index (χ0) is 12.0. The second-order valence-electron chi connectivity index (χ2n) is 6.54. The van der Waals surface area contributed by atoms with E-state index >= 15 is 0 Å². The monoisotopic (exact) mass is 225 g/mol. The van der Waals surface area contributed by atoms with Crippen LogP contribution in [0.25, 0.3) is 0 Å². The average Bonchev–Trinajstić information content (AvgIpc) is 2.35. The predicted octanol–water partition coefficient (Wildman–Crippen LogP) is 3.04. The number of amides is 1. The van der Waals surface area contributed by atoms with Crippen LogP contribution in [0, 0.1) is 10.8 Å². The van der Waals surface area contributed by atoms with Crippen molar-refractivity contribution in [1.29, 1.82) is 0 Å². The summed E-state index contributed by atoms with van der Waals surface area (Å²) in [5.41, 5.74) is 0.665. The van der Waals surface area contributed by atoms with Crippen LogP contribution in [0.1, 0.15) is 47.0 Å². The van der Waals surface area contributed by atoms with Crippen LogP contribution in [0.4, 0.5) is 4.79 Å². The van der Waals surface area contributed by atoms with Crippen molar-refractivity contribution in [3.05, 3.63) is 0 Å². The average molecular weight is 225 g/mol. The van der Waals surface area contributed by atoms with Gasteiger partial charge in [-0.1, -0.05) is 20.8 Å². The molecule has 1 heterocycles. The smallest absolute Gasteiger partial charge is 0.410 e. The molecule has 2 atom stereocenters. The van der Waals surface area contributed by atoms with Gasteiger partial charge in [0, 0.05) is 12.6 Å². The lowest BCUT2D eigenvalue weighted by atomic mass is 9.65. The first-order valence-electron chi connectivity index (χ1n) is 6.29. The van der Waals surface area contributed by atoms with E-state index in [1.54, 1.807) is 0 Å². The van der Waals surface area contributed by atoms with Gasteiger partial charge in [0.25, 0.3) is 0 Å². The molecule has 0 aromatic rings. The zero-order valence-corrected chi connectivity index (χ0v) is 10.9. The molecule has 0 spiro atoms. The lowest BCUT2D eigenvalue weighted by Gasteiger charge is -2.39. The van der Waals surface area contributed by atoms with Gasteiger partial charge in [0.05, 0.1) is 6.61 Å². The fraction of sp³-hybridized carbons (Fsp3) is 0.923. The molecule has 1 aliphatic carbocycles. The summed E-state index contributed by atoms with van der Waals surface area (Å²) < 4.78 is 5.13. The number of rotatable bonds is 1. The van der Waals surface area contributed by atoms with E-state index in [1.165, 1.54) is 6.42 Å². The van der Waals surface area contributed by atoms with Crippen LogP contribution in [0.2, 0.25) is 0 Å². The minimum Gasteiger partial charge on any atom is -0.450 e. The molecule has 1 saturated carbocycles. The molecule has 1 saturated heterocycles. The summed E-state index contributed by atoms with van der Waals surface area (Å²) in [6.45, 7) is 10.1. The summed E-state index contributed by atoms with van der Waals surface area (Å²) in [6, 6.07) is 0.396. The van der Waals surface area contributed by atoms with E-state index in [4.69, 9.17) is 4.74 Å². The first kappa shape index (κ1) is 11.7. The minimum atomic E-state index is -0.117. The number of hydrogen-bond acceptors (Lipinski definition) is 2. The highest BCUT2D eigenvalue weighted by atomic mass is 16.6. The molecule has 2 aliphatic rings. The van der Waals surface area contributed by atoms with Crippen molar-refractivity contribution in [2.75, 3.05) is 13.2 Å². The number of ether oxygens (including phenoxy) is 1. The van der Waals surface area contributed by atoms with Crippen LogP contribution in [-0.4, -0.2) is 30.2 Å². The Hall–Kier alpha value is -0.730. The molecule has 0 aromatic carbocycles. The normalized spacial score (nSPS) is 36.2. The number of carbonyl (C=O) groups is 1. The molecule has 3 heteroatoms. The summed E-state index contributed by atoms with van der Waals surface area (Å²) in [4.78, 5) is 13.8. The van der Waals surface area contributed by atoms with E-state index in [0.717, 1.165) is 19.4 Å². The van der Waals surface area contributed by atoms with Gasteiger partial charge in [-0.2, -0.15) is 0 Å². The van der Waals surface area contributed by atoms with Crippen LogP contribution >= 0.6 is 0 Å². The van der Waals surface area contributed by atoms with E-state index in [1.807, 2.05) is 11.8 Å². The van der Waals surface area contributed by atoms with Crippen LogP contribution in [0.15, 0.2) is 0 Å². The van der Waals surface area contributed by atoms with Crippen molar-refractivity contribution >= 4 is 6.09 Å². The highest BCUT2D eigenvalue weighted by molar-refractivity contribution is 5.68. The van der Waals surface area contributed by atoms with Gasteiger partial charge in [-0.25, -0.2) is 4.79 Å². The minimum absolute atomic E-state index is 0.117. The van der Waals surface area contributed by atoms with Crippen LogP contribution in [0.3, 0.4) is 0 Å². The number of carbonyl (C=O) groups excluding carboxylic acids is 1. The highest BCUT2D eigenvalue weighted by Crippen LogP contribution is 2.52. The Labute approximate surface area is 98.1 Å². The number of nitrogens with zero attached hydrogens (tertiary/aromatic N) is 1. The van der Waals surface area contributed by atoms with Gasteiger partial charge in [0.2, 0.25) is 0 Å². The Bertz CT molecular complexity index is 300. The maximum absolute atomic E-state index is 11.8.